The third-order valence-corrected chi connectivity index (χ3v) is 4.81. The van der Waals surface area contributed by atoms with E-state index in [4.69, 9.17) is 5.11 Å². The lowest BCUT2D eigenvalue weighted by molar-refractivity contribution is -0.689. The topological polar surface area (TPSA) is 24.1 Å². The molecule has 4 heteroatoms. The maximum Gasteiger partial charge on any atom is 0.225 e. The molecule has 0 aliphatic rings. The number of rotatable bonds is 4. The Balaban J connectivity index is 0.00000200. The first-order valence-electron chi connectivity index (χ1n) is 6.67. The quantitative estimate of drug-likeness (QED) is 0.781. The van der Waals surface area contributed by atoms with E-state index < -0.39 is 0 Å². The number of thiazole rings is 1. The van der Waals surface area contributed by atoms with Crippen molar-refractivity contribution in [1.82, 2.24) is 0 Å². The molecule has 1 heterocycles. The predicted octanol–water partition coefficient (Wildman–Crippen LogP) is -0.144. The number of hydrogen-bond donors (Lipinski definition) is 1. The Bertz CT molecular complexity index is 569. The van der Waals surface area contributed by atoms with Crippen LogP contribution in [-0.2, 0) is 13.0 Å². The molecule has 2 aromatic rings. The first kappa shape index (κ1) is 17.2. The van der Waals surface area contributed by atoms with Gasteiger partial charge in [-0.1, -0.05) is 29.0 Å². The molecular formula is C16H22ClNOS. The summed E-state index contributed by atoms with van der Waals surface area (Å²) in [4.78, 5) is 1.28. The van der Waals surface area contributed by atoms with E-state index in [1.807, 2.05) is 0 Å². The summed E-state index contributed by atoms with van der Waals surface area (Å²) in [5.74, 6) is 0. The Hall–Kier alpha value is -0.900. The Kier molecular flexibility index (Phi) is 6.18. The lowest BCUT2D eigenvalue weighted by Crippen LogP contribution is -3.00. The highest BCUT2D eigenvalue weighted by atomic mass is 35.5. The first-order chi connectivity index (χ1) is 9.02. The Morgan fingerprint density at radius 3 is 2.25 bits per heavy atom. The highest BCUT2D eigenvalue weighted by Crippen LogP contribution is 2.18. The van der Waals surface area contributed by atoms with Gasteiger partial charge in [0.05, 0.1) is 4.88 Å². The van der Waals surface area contributed by atoms with Gasteiger partial charge in [-0.2, -0.15) is 4.57 Å². The van der Waals surface area contributed by atoms with Gasteiger partial charge >= 0.3 is 0 Å². The number of nitrogens with zero attached hydrogens (tertiary/aromatic N) is 1. The minimum atomic E-state index is 0. The fourth-order valence-corrected chi connectivity index (χ4v) is 3.56. The van der Waals surface area contributed by atoms with Crippen LogP contribution in [0.1, 0.15) is 32.8 Å². The molecule has 0 aliphatic heterocycles. The second kappa shape index (κ2) is 7.21. The van der Waals surface area contributed by atoms with Gasteiger partial charge in [0.1, 0.15) is 0 Å². The van der Waals surface area contributed by atoms with Gasteiger partial charge in [0.2, 0.25) is 5.51 Å². The van der Waals surface area contributed by atoms with Crippen molar-refractivity contribution in [2.24, 2.45) is 0 Å². The van der Waals surface area contributed by atoms with Crippen LogP contribution in [0.2, 0.25) is 0 Å². The van der Waals surface area contributed by atoms with Gasteiger partial charge in [0.15, 0.2) is 12.2 Å². The third-order valence-electron chi connectivity index (χ3n) is 3.66. The highest BCUT2D eigenvalue weighted by Gasteiger charge is 2.17. The molecule has 0 amide bonds. The summed E-state index contributed by atoms with van der Waals surface area (Å²) < 4.78 is 2.29. The van der Waals surface area contributed by atoms with E-state index >= 15 is 0 Å². The van der Waals surface area contributed by atoms with E-state index in [0.717, 1.165) is 13.0 Å². The van der Waals surface area contributed by atoms with Crippen LogP contribution in [-0.4, -0.2) is 11.7 Å². The summed E-state index contributed by atoms with van der Waals surface area (Å²) in [5, 5.41) is 9.06. The number of aliphatic hydroxyl groups is 1. The summed E-state index contributed by atoms with van der Waals surface area (Å²) in [6.45, 7) is 9.81. The fraction of sp³-hybridized carbons (Fsp3) is 0.438. The van der Waals surface area contributed by atoms with Crippen LogP contribution in [0.3, 0.4) is 0 Å². The predicted molar refractivity (Wildman–Crippen MR) is 79.8 cm³/mol. The Morgan fingerprint density at radius 2 is 1.70 bits per heavy atom. The van der Waals surface area contributed by atoms with Crippen molar-refractivity contribution in [3.8, 4) is 0 Å². The molecule has 2 nitrogen and oxygen atoms in total. The van der Waals surface area contributed by atoms with Crippen molar-refractivity contribution in [3.63, 3.8) is 0 Å². The molecule has 110 valence electrons. The van der Waals surface area contributed by atoms with Crippen molar-refractivity contribution >= 4 is 11.3 Å². The fourth-order valence-electron chi connectivity index (χ4n) is 2.58. The van der Waals surface area contributed by atoms with Crippen molar-refractivity contribution in [2.75, 3.05) is 6.61 Å². The monoisotopic (exact) mass is 311 g/mol. The maximum atomic E-state index is 9.06. The zero-order chi connectivity index (χ0) is 14.0. The van der Waals surface area contributed by atoms with E-state index in [2.05, 4.69) is 49.9 Å². The number of hydrogen-bond acceptors (Lipinski definition) is 2. The molecule has 1 aromatic heterocycles. The number of aromatic nitrogens is 1. The van der Waals surface area contributed by atoms with Gasteiger partial charge < -0.3 is 17.5 Å². The highest BCUT2D eigenvalue weighted by molar-refractivity contribution is 7.09. The minimum absolute atomic E-state index is 0. The SMILES string of the molecule is Cc1cc(C)c(C[n+]2csc(CCO)c2C)c(C)c1.[Cl-]. The van der Waals surface area contributed by atoms with Crippen LogP contribution in [0.4, 0.5) is 0 Å². The molecule has 1 N–H and O–H groups in total. The van der Waals surface area contributed by atoms with Gasteiger partial charge in [-0.05, 0) is 31.9 Å². The Morgan fingerprint density at radius 1 is 1.10 bits per heavy atom. The lowest BCUT2D eigenvalue weighted by Gasteiger charge is -2.08. The molecule has 0 aliphatic carbocycles. The molecule has 0 bridgehead atoms. The normalized spacial score (nSPS) is 10.4. The molecule has 20 heavy (non-hydrogen) atoms. The average molecular weight is 312 g/mol. The summed E-state index contributed by atoms with van der Waals surface area (Å²) in [5.41, 5.74) is 8.90. The zero-order valence-electron chi connectivity index (χ0n) is 12.5. The number of aryl methyl sites for hydroxylation is 3. The van der Waals surface area contributed by atoms with Gasteiger partial charge in [-0.15, -0.1) is 0 Å². The molecule has 0 saturated heterocycles. The van der Waals surface area contributed by atoms with E-state index in [1.54, 1.807) is 11.3 Å². The van der Waals surface area contributed by atoms with E-state index in [0.29, 0.717) is 0 Å². The summed E-state index contributed by atoms with van der Waals surface area (Å²) >= 11 is 1.74. The number of benzene rings is 1. The van der Waals surface area contributed by atoms with Crippen LogP contribution >= 0.6 is 11.3 Å². The molecule has 0 saturated carbocycles. The standard InChI is InChI=1S/C16H22NOS.ClH/c1-11-7-12(2)15(13(3)8-11)9-17-10-19-16(5-6-18)14(17)4;/h7-8,10,18H,5-6,9H2,1-4H3;1H/q+1;/p-1. The number of aliphatic hydroxyl groups excluding tert-OH is 1. The molecule has 1 aromatic carbocycles. The van der Waals surface area contributed by atoms with Crippen molar-refractivity contribution in [3.05, 3.63) is 50.5 Å². The molecule has 0 fully saturated rings. The summed E-state index contributed by atoms with van der Waals surface area (Å²) in [7, 11) is 0. The third kappa shape index (κ3) is 3.60. The van der Waals surface area contributed by atoms with Crippen molar-refractivity contribution < 1.29 is 22.1 Å². The van der Waals surface area contributed by atoms with Crippen molar-refractivity contribution in [2.45, 2.75) is 40.7 Å². The average Bonchev–Trinajstić information content (AvgIpc) is 2.66. The maximum absolute atomic E-state index is 9.06. The van der Waals surface area contributed by atoms with E-state index in [9.17, 15) is 0 Å². The van der Waals surface area contributed by atoms with Crippen LogP contribution in [0.15, 0.2) is 17.6 Å². The molecule has 0 unspecified atom stereocenters. The number of halogens is 1. The van der Waals surface area contributed by atoms with Gasteiger partial charge in [0.25, 0.3) is 0 Å². The summed E-state index contributed by atoms with van der Waals surface area (Å²) in [6.07, 6.45) is 0.759. The smallest absolute Gasteiger partial charge is 0.225 e. The molecule has 0 spiro atoms. The van der Waals surface area contributed by atoms with E-state index in [-0.39, 0.29) is 19.0 Å². The molecular weight excluding hydrogens is 290 g/mol. The lowest BCUT2D eigenvalue weighted by atomic mass is 10.00. The van der Waals surface area contributed by atoms with Gasteiger partial charge in [-0.25, -0.2) is 0 Å². The van der Waals surface area contributed by atoms with Crippen LogP contribution in [0.25, 0.3) is 0 Å². The molecule has 0 radical (unpaired) electrons. The minimum Gasteiger partial charge on any atom is -1.00 e. The molecule has 0 atom stereocenters. The zero-order valence-corrected chi connectivity index (χ0v) is 14.1. The summed E-state index contributed by atoms with van der Waals surface area (Å²) in [6, 6.07) is 4.50. The van der Waals surface area contributed by atoms with Gasteiger partial charge in [-0.3, -0.25) is 0 Å². The van der Waals surface area contributed by atoms with Crippen LogP contribution in [0, 0.1) is 27.7 Å². The van der Waals surface area contributed by atoms with Crippen molar-refractivity contribution in [1.29, 1.82) is 0 Å². The Labute approximate surface area is 131 Å². The second-order valence-electron chi connectivity index (χ2n) is 5.21. The van der Waals surface area contributed by atoms with E-state index in [1.165, 1.54) is 32.8 Å². The first-order valence-corrected chi connectivity index (χ1v) is 7.55. The molecule has 2 rings (SSSR count). The van der Waals surface area contributed by atoms with Crippen LogP contribution < -0.4 is 17.0 Å². The second-order valence-corrected chi connectivity index (χ2v) is 6.15. The van der Waals surface area contributed by atoms with Gasteiger partial charge in [0, 0.05) is 25.5 Å². The van der Waals surface area contributed by atoms with Crippen LogP contribution in [0.5, 0.6) is 0 Å². The largest absolute Gasteiger partial charge is 1.00 e.